The Bertz CT molecular complexity index is 815. The number of nitrogens with one attached hydrogen (secondary N) is 2. The standard InChI is InChI=1S/C16H10BrCl2N3O/c17-11-2-1-3-13(6-11)21-9-10(8-20)16(23)22-15-5-4-12(18)7-14(15)19/h1-7,9,21H,(H,22,23)/b10-9-. The minimum absolute atomic E-state index is 0.0870. The normalized spacial score (nSPS) is 10.8. The first-order chi connectivity index (χ1) is 11.0. The summed E-state index contributed by atoms with van der Waals surface area (Å²) in [6.07, 6.45) is 1.33. The molecule has 0 fully saturated rings. The average molecular weight is 411 g/mol. The number of carbonyl (C=O) groups excluding carboxylic acids is 1. The van der Waals surface area contributed by atoms with Crippen molar-refractivity contribution in [2.45, 2.75) is 0 Å². The second-order valence-electron chi connectivity index (χ2n) is 4.40. The fraction of sp³-hybridized carbons (Fsp3) is 0. The summed E-state index contributed by atoms with van der Waals surface area (Å²) in [5, 5.41) is 15.4. The van der Waals surface area contributed by atoms with E-state index in [0.29, 0.717) is 15.7 Å². The van der Waals surface area contributed by atoms with Crippen molar-refractivity contribution in [3.05, 3.63) is 68.8 Å². The van der Waals surface area contributed by atoms with Gasteiger partial charge in [-0.1, -0.05) is 45.2 Å². The fourth-order valence-electron chi connectivity index (χ4n) is 1.66. The molecule has 0 atom stereocenters. The number of hydrogen-bond acceptors (Lipinski definition) is 3. The Morgan fingerprint density at radius 3 is 2.65 bits per heavy atom. The van der Waals surface area contributed by atoms with E-state index in [-0.39, 0.29) is 5.57 Å². The molecule has 116 valence electrons. The Hall–Kier alpha value is -2.00. The number of nitrogens with zero attached hydrogens (tertiary/aromatic N) is 1. The van der Waals surface area contributed by atoms with Crippen molar-refractivity contribution in [3.63, 3.8) is 0 Å². The number of nitriles is 1. The van der Waals surface area contributed by atoms with Crippen LogP contribution in [0.15, 0.2) is 58.7 Å². The predicted molar refractivity (Wildman–Crippen MR) is 96.6 cm³/mol. The van der Waals surface area contributed by atoms with E-state index in [9.17, 15) is 4.79 Å². The highest BCUT2D eigenvalue weighted by molar-refractivity contribution is 9.10. The van der Waals surface area contributed by atoms with Gasteiger partial charge in [-0.2, -0.15) is 5.26 Å². The van der Waals surface area contributed by atoms with Crippen LogP contribution in [0.1, 0.15) is 0 Å². The highest BCUT2D eigenvalue weighted by Gasteiger charge is 2.11. The van der Waals surface area contributed by atoms with Gasteiger partial charge in [0.15, 0.2) is 0 Å². The summed E-state index contributed by atoms with van der Waals surface area (Å²) in [7, 11) is 0. The Labute approximate surface area is 151 Å². The molecule has 4 nitrogen and oxygen atoms in total. The van der Waals surface area contributed by atoms with E-state index in [4.69, 9.17) is 28.5 Å². The third-order valence-electron chi connectivity index (χ3n) is 2.75. The van der Waals surface area contributed by atoms with Crippen LogP contribution in [-0.4, -0.2) is 5.91 Å². The Balaban J connectivity index is 2.12. The highest BCUT2D eigenvalue weighted by Crippen LogP contribution is 2.25. The second kappa shape index (κ2) is 8.02. The van der Waals surface area contributed by atoms with Crippen molar-refractivity contribution in [2.24, 2.45) is 0 Å². The van der Waals surface area contributed by atoms with Crippen molar-refractivity contribution in [1.29, 1.82) is 5.26 Å². The average Bonchev–Trinajstić information content (AvgIpc) is 2.51. The second-order valence-corrected chi connectivity index (χ2v) is 6.16. The zero-order valence-corrected chi connectivity index (χ0v) is 14.7. The molecule has 0 heterocycles. The van der Waals surface area contributed by atoms with E-state index in [1.165, 1.54) is 12.3 Å². The molecule has 0 aromatic heterocycles. The van der Waals surface area contributed by atoms with Crippen molar-refractivity contribution in [3.8, 4) is 6.07 Å². The molecule has 23 heavy (non-hydrogen) atoms. The monoisotopic (exact) mass is 409 g/mol. The predicted octanol–water partition coefficient (Wildman–Crippen LogP) is 5.21. The Kier molecular flexibility index (Phi) is 6.05. The van der Waals surface area contributed by atoms with Crippen LogP contribution >= 0.6 is 39.1 Å². The minimum atomic E-state index is -0.570. The SMILES string of the molecule is N#C/C(=C/Nc1cccc(Br)c1)C(=O)Nc1ccc(Cl)cc1Cl. The van der Waals surface area contributed by atoms with Crippen molar-refractivity contribution < 1.29 is 4.79 Å². The molecule has 0 bridgehead atoms. The molecule has 0 aliphatic rings. The smallest absolute Gasteiger partial charge is 0.267 e. The molecule has 0 radical (unpaired) electrons. The molecule has 0 saturated carbocycles. The van der Waals surface area contributed by atoms with Gasteiger partial charge in [0.25, 0.3) is 5.91 Å². The Morgan fingerprint density at radius 1 is 1.22 bits per heavy atom. The molecule has 7 heteroatoms. The summed E-state index contributed by atoms with van der Waals surface area (Å²) >= 11 is 15.1. The van der Waals surface area contributed by atoms with Gasteiger partial charge in [-0.3, -0.25) is 4.79 Å². The number of carbonyl (C=O) groups is 1. The molecule has 0 aliphatic heterocycles. The first-order valence-corrected chi connectivity index (χ1v) is 7.93. The first-order valence-electron chi connectivity index (χ1n) is 6.38. The van der Waals surface area contributed by atoms with Crippen LogP contribution < -0.4 is 10.6 Å². The van der Waals surface area contributed by atoms with E-state index < -0.39 is 5.91 Å². The molecule has 2 N–H and O–H groups in total. The molecule has 2 aromatic carbocycles. The van der Waals surface area contributed by atoms with Gasteiger partial charge in [-0.05, 0) is 36.4 Å². The van der Waals surface area contributed by atoms with Gasteiger partial charge in [0.05, 0.1) is 10.7 Å². The third kappa shape index (κ3) is 5.00. The van der Waals surface area contributed by atoms with Gasteiger partial charge in [-0.15, -0.1) is 0 Å². The van der Waals surface area contributed by atoms with Crippen LogP contribution in [0.3, 0.4) is 0 Å². The number of anilines is 2. The van der Waals surface area contributed by atoms with Gasteiger partial charge >= 0.3 is 0 Å². The molecular formula is C16H10BrCl2N3O. The summed E-state index contributed by atoms with van der Waals surface area (Å²) in [5.74, 6) is -0.570. The number of halogens is 3. The molecule has 2 aromatic rings. The van der Waals surface area contributed by atoms with Gasteiger partial charge in [0, 0.05) is 21.4 Å². The molecule has 2 rings (SSSR count). The number of benzene rings is 2. The summed E-state index contributed by atoms with van der Waals surface area (Å²) in [4.78, 5) is 12.1. The van der Waals surface area contributed by atoms with E-state index >= 15 is 0 Å². The molecule has 0 spiro atoms. The lowest BCUT2D eigenvalue weighted by molar-refractivity contribution is -0.112. The number of rotatable bonds is 4. The third-order valence-corrected chi connectivity index (χ3v) is 3.79. The van der Waals surface area contributed by atoms with Crippen LogP contribution in [-0.2, 0) is 4.79 Å². The maximum atomic E-state index is 12.1. The zero-order chi connectivity index (χ0) is 16.8. The lowest BCUT2D eigenvalue weighted by atomic mass is 10.2. The first kappa shape index (κ1) is 17.4. The molecule has 1 amide bonds. The molecule has 0 aliphatic carbocycles. The van der Waals surface area contributed by atoms with Crippen LogP contribution in [0.25, 0.3) is 0 Å². The molecule has 0 saturated heterocycles. The van der Waals surface area contributed by atoms with E-state index in [1.54, 1.807) is 12.1 Å². The molecule has 0 unspecified atom stereocenters. The van der Waals surface area contributed by atoms with Crippen molar-refractivity contribution in [1.82, 2.24) is 0 Å². The maximum absolute atomic E-state index is 12.1. The fourth-order valence-corrected chi connectivity index (χ4v) is 2.52. The van der Waals surface area contributed by atoms with E-state index in [2.05, 4.69) is 26.6 Å². The quantitative estimate of drug-likeness (QED) is 0.536. The lowest BCUT2D eigenvalue weighted by Gasteiger charge is -2.07. The van der Waals surface area contributed by atoms with E-state index in [1.807, 2.05) is 30.3 Å². The van der Waals surface area contributed by atoms with Crippen LogP contribution in [0.2, 0.25) is 10.0 Å². The van der Waals surface area contributed by atoms with Crippen LogP contribution in [0, 0.1) is 11.3 Å². The van der Waals surface area contributed by atoms with Crippen molar-refractivity contribution in [2.75, 3.05) is 10.6 Å². The van der Waals surface area contributed by atoms with Gasteiger partial charge in [0.1, 0.15) is 11.6 Å². The van der Waals surface area contributed by atoms with Crippen LogP contribution in [0.4, 0.5) is 11.4 Å². The van der Waals surface area contributed by atoms with Gasteiger partial charge in [0.2, 0.25) is 0 Å². The Morgan fingerprint density at radius 2 is 2.00 bits per heavy atom. The zero-order valence-electron chi connectivity index (χ0n) is 11.6. The van der Waals surface area contributed by atoms with Crippen molar-refractivity contribution >= 4 is 56.4 Å². The highest BCUT2D eigenvalue weighted by atomic mass is 79.9. The summed E-state index contributed by atoms with van der Waals surface area (Å²) < 4.78 is 0.881. The maximum Gasteiger partial charge on any atom is 0.267 e. The summed E-state index contributed by atoms with van der Waals surface area (Å²) in [6.45, 7) is 0. The summed E-state index contributed by atoms with van der Waals surface area (Å²) in [5.41, 5.74) is 1.03. The number of hydrogen-bond donors (Lipinski definition) is 2. The van der Waals surface area contributed by atoms with E-state index in [0.717, 1.165) is 10.2 Å². The van der Waals surface area contributed by atoms with Gasteiger partial charge < -0.3 is 10.6 Å². The van der Waals surface area contributed by atoms with Gasteiger partial charge in [-0.25, -0.2) is 0 Å². The summed E-state index contributed by atoms with van der Waals surface area (Å²) in [6, 6.07) is 13.8. The topological polar surface area (TPSA) is 64.9 Å². The largest absolute Gasteiger partial charge is 0.360 e. The molecular weight excluding hydrogens is 401 g/mol. The van der Waals surface area contributed by atoms with Crippen LogP contribution in [0.5, 0.6) is 0 Å². The lowest BCUT2D eigenvalue weighted by Crippen LogP contribution is -2.14. The minimum Gasteiger partial charge on any atom is -0.360 e. The number of amides is 1.